The van der Waals surface area contributed by atoms with E-state index in [2.05, 4.69) is 46.6 Å². The zero-order valence-corrected chi connectivity index (χ0v) is 14.0. The quantitative estimate of drug-likeness (QED) is 0.830. The van der Waals surface area contributed by atoms with Gasteiger partial charge in [0, 0.05) is 31.8 Å². The van der Waals surface area contributed by atoms with Gasteiger partial charge in [-0.05, 0) is 25.0 Å². The van der Waals surface area contributed by atoms with E-state index >= 15 is 0 Å². The molecule has 1 aromatic heterocycles. The minimum atomic E-state index is 0. The molecule has 2 heterocycles. The van der Waals surface area contributed by atoms with Crippen LogP contribution in [0.5, 0.6) is 0 Å². The molecule has 0 bridgehead atoms. The summed E-state index contributed by atoms with van der Waals surface area (Å²) in [6.07, 6.45) is 2.70. The van der Waals surface area contributed by atoms with Crippen molar-refractivity contribution in [3.05, 3.63) is 59.3 Å². The summed E-state index contributed by atoms with van der Waals surface area (Å²) in [6.45, 7) is 9.83. The van der Waals surface area contributed by atoms with Crippen molar-refractivity contribution in [3.8, 4) is 0 Å². The largest absolute Gasteiger partial charge is 0.343 e. The van der Waals surface area contributed by atoms with Crippen LogP contribution in [0.4, 0.5) is 5.69 Å². The summed E-state index contributed by atoms with van der Waals surface area (Å²) >= 11 is 0. The van der Waals surface area contributed by atoms with Crippen LogP contribution < -0.4 is 4.90 Å². The summed E-state index contributed by atoms with van der Waals surface area (Å²) in [6, 6.07) is 8.44. The summed E-state index contributed by atoms with van der Waals surface area (Å²) < 4.78 is 0. The predicted octanol–water partition coefficient (Wildman–Crippen LogP) is 4.45. The molecular formula is C19H25N3O. The lowest BCUT2D eigenvalue weighted by molar-refractivity contribution is 0.101. The molecule has 1 aliphatic heterocycles. The van der Waals surface area contributed by atoms with Crippen molar-refractivity contribution in [2.24, 2.45) is 0 Å². The first kappa shape index (κ1) is 15.5. The molecule has 1 atom stereocenters. The van der Waals surface area contributed by atoms with Crippen LogP contribution in [0.1, 0.15) is 62.2 Å². The molecule has 0 aliphatic carbocycles. The van der Waals surface area contributed by atoms with Crippen molar-refractivity contribution >= 4 is 11.5 Å². The van der Waals surface area contributed by atoms with Crippen LogP contribution in [0.15, 0.2) is 36.5 Å². The van der Waals surface area contributed by atoms with Crippen LogP contribution in [0.3, 0.4) is 0 Å². The molecule has 0 spiro atoms. The molecule has 4 heteroatoms. The molecule has 1 unspecified atom stereocenters. The van der Waals surface area contributed by atoms with Gasteiger partial charge in [0.1, 0.15) is 11.5 Å². The number of hydrogen-bond acceptors (Lipinski definition) is 3. The number of aromatic nitrogens is 2. The Morgan fingerprint density at radius 2 is 2.17 bits per heavy atom. The fourth-order valence-electron chi connectivity index (χ4n) is 3.39. The zero-order valence-electron chi connectivity index (χ0n) is 14.0. The van der Waals surface area contributed by atoms with Gasteiger partial charge in [-0.15, -0.1) is 0 Å². The van der Waals surface area contributed by atoms with E-state index in [-0.39, 0.29) is 13.3 Å². The number of benzene rings is 1. The average Bonchev–Trinajstić information content (AvgIpc) is 3.08. The van der Waals surface area contributed by atoms with Gasteiger partial charge in [0.25, 0.3) is 0 Å². The van der Waals surface area contributed by atoms with Gasteiger partial charge >= 0.3 is 0 Å². The number of nitrogens with one attached hydrogen (secondary N) is 1. The number of allylic oxidation sites excluding steroid dienone is 1. The van der Waals surface area contributed by atoms with E-state index in [0.717, 1.165) is 36.5 Å². The molecule has 0 saturated carbocycles. The van der Waals surface area contributed by atoms with E-state index < -0.39 is 0 Å². The number of rotatable bonds is 5. The Hall–Kier alpha value is -2.36. The molecule has 0 fully saturated rings. The molecule has 1 aromatic carbocycles. The zero-order chi connectivity index (χ0) is 16.6. The van der Waals surface area contributed by atoms with Gasteiger partial charge < -0.3 is 9.88 Å². The van der Waals surface area contributed by atoms with Crippen molar-refractivity contribution < 1.29 is 6.22 Å². The molecule has 3 rings (SSSR count). The Balaban J connectivity index is 0.00000208. The van der Waals surface area contributed by atoms with Crippen LogP contribution in [0.25, 0.3) is 0 Å². The number of imidazole rings is 1. The lowest BCUT2D eigenvalue weighted by Crippen LogP contribution is -2.23. The number of aromatic amines is 1. The minimum absolute atomic E-state index is 0. The first-order valence-corrected chi connectivity index (χ1v) is 8.15. The fourth-order valence-corrected chi connectivity index (χ4v) is 3.39. The van der Waals surface area contributed by atoms with Crippen molar-refractivity contribution in [2.75, 3.05) is 4.90 Å². The van der Waals surface area contributed by atoms with Crippen LogP contribution in [-0.2, 0) is 12.8 Å². The number of carbonyl (C=O) groups is 1. The summed E-state index contributed by atoms with van der Waals surface area (Å²) in [5, 5.41) is 0. The summed E-state index contributed by atoms with van der Waals surface area (Å²) in [4.78, 5) is 22.2. The normalized spacial score (nSPS) is 16.5. The molecule has 1 aliphatic rings. The first-order valence-electron chi connectivity index (χ1n) is 8.15. The minimum Gasteiger partial charge on any atom is -0.343 e. The van der Waals surface area contributed by atoms with E-state index in [0.29, 0.717) is 5.69 Å². The number of aryl methyl sites for hydroxylation is 1. The van der Waals surface area contributed by atoms with Crippen molar-refractivity contribution in [1.29, 1.82) is 0 Å². The molecule has 122 valence electrons. The van der Waals surface area contributed by atoms with Crippen LogP contribution >= 0.6 is 0 Å². The van der Waals surface area contributed by atoms with Gasteiger partial charge in [0.2, 0.25) is 0 Å². The number of H-pyrrole nitrogens is 1. The van der Waals surface area contributed by atoms with Crippen LogP contribution in [-0.4, -0.2) is 15.8 Å². The highest BCUT2D eigenvalue weighted by atomic mass is 16.1. The highest BCUT2D eigenvalue weighted by Gasteiger charge is 2.33. The third kappa shape index (κ3) is 2.69. The molecular weight excluding hydrogens is 286 g/mol. The van der Waals surface area contributed by atoms with Gasteiger partial charge in [-0.2, -0.15) is 0 Å². The maximum absolute atomic E-state index is 11.9. The number of anilines is 1. The Morgan fingerprint density at radius 3 is 2.83 bits per heavy atom. The summed E-state index contributed by atoms with van der Waals surface area (Å²) in [7, 11) is 0. The van der Waals surface area contributed by atoms with Crippen molar-refractivity contribution in [3.63, 3.8) is 0 Å². The Kier molecular flexibility index (Phi) is 4.07. The standard InChI is InChI=1S/C19H23N3O.H2/c1-5-8-15-18(13(4)23)21-19(20-15)17-11-14-9-6-7-10-16(14)22(17)12(2)3;/h6-7,9-10,17H,2,5,8,11H2,1,3-4H3,(H,20,21);1H. The van der Waals surface area contributed by atoms with Crippen LogP contribution in [0, 0.1) is 0 Å². The molecule has 0 saturated heterocycles. The third-order valence-corrected chi connectivity index (χ3v) is 4.33. The fraction of sp³-hybridized carbons (Fsp3) is 0.368. The highest BCUT2D eigenvalue weighted by molar-refractivity contribution is 5.93. The van der Waals surface area contributed by atoms with Gasteiger partial charge in [-0.1, -0.05) is 38.1 Å². The van der Waals surface area contributed by atoms with E-state index in [1.165, 1.54) is 11.3 Å². The van der Waals surface area contributed by atoms with Crippen LogP contribution in [0.2, 0.25) is 0 Å². The second-order valence-corrected chi connectivity index (χ2v) is 6.21. The van der Waals surface area contributed by atoms with Gasteiger partial charge in [-0.3, -0.25) is 4.79 Å². The second-order valence-electron chi connectivity index (χ2n) is 6.21. The summed E-state index contributed by atoms with van der Waals surface area (Å²) in [5.74, 6) is 0.881. The average molecular weight is 311 g/mol. The molecule has 0 radical (unpaired) electrons. The van der Waals surface area contributed by atoms with Crippen molar-refractivity contribution in [2.45, 2.75) is 46.1 Å². The Morgan fingerprint density at radius 1 is 1.43 bits per heavy atom. The SMILES string of the molecule is C=C(C)N1c2ccccc2CC1c1nc(C(C)=O)c(CCC)[nH]1.[HH]. The van der Waals surface area contributed by atoms with E-state index in [1.807, 2.05) is 13.0 Å². The third-order valence-electron chi connectivity index (χ3n) is 4.33. The molecule has 23 heavy (non-hydrogen) atoms. The van der Waals surface area contributed by atoms with E-state index in [1.54, 1.807) is 6.92 Å². The Bertz CT molecular complexity index is 766. The number of hydrogen-bond donors (Lipinski definition) is 1. The lowest BCUT2D eigenvalue weighted by atomic mass is 10.1. The van der Waals surface area contributed by atoms with Gasteiger partial charge in [0.05, 0.1) is 6.04 Å². The molecule has 2 aromatic rings. The van der Waals surface area contributed by atoms with E-state index in [4.69, 9.17) is 0 Å². The molecule has 0 amide bonds. The number of carbonyl (C=O) groups excluding carboxylic acids is 1. The van der Waals surface area contributed by atoms with E-state index in [9.17, 15) is 4.79 Å². The summed E-state index contributed by atoms with van der Waals surface area (Å²) in [5.41, 5.74) is 4.99. The topological polar surface area (TPSA) is 49.0 Å². The maximum atomic E-state index is 11.9. The van der Waals surface area contributed by atoms with Gasteiger partial charge in [-0.25, -0.2) is 4.98 Å². The number of nitrogens with zero attached hydrogens (tertiary/aromatic N) is 2. The number of ketones is 1. The lowest BCUT2D eigenvalue weighted by Gasteiger charge is -2.26. The number of Topliss-reactive ketones (excluding diaryl/α,β-unsaturated/α-hetero) is 1. The predicted molar refractivity (Wildman–Crippen MR) is 94.9 cm³/mol. The second kappa shape index (κ2) is 6.03. The van der Waals surface area contributed by atoms with Crippen molar-refractivity contribution in [1.82, 2.24) is 9.97 Å². The Labute approximate surface area is 138 Å². The first-order chi connectivity index (χ1) is 11.0. The number of fused-ring (bicyclic) bond motifs is 1. The highest BCUT2D eigenvalue weighted by Crippen LogP contribution is 2.41. The van der Waals surface area contributed by atoms with Gasteiger partial charge in [0.15, 0.2) is 5.78 Å². The molecule has 1 N–H and O–H groups in total. The molecule has 4 nitrogen and oxygen atoms in total. The smallest absolute Gasteiger partial charge is 0.179 e. The maximum Gasteiger partial charge on any atom is 0.179 e. The monoisotopic (exact) mass is 311 g/mol. The number of para-hydroxylation sites is 1.